The molecule has 3 aliphatic rings. The van der Waals surface area contributed by atoms with Gasteiger partial charge in [0, 0.05) is 0 Å². The lowest BCUT2D eigenvalue weighted by atomic mass is 9.70. The van der Waals surface area contributed by atoms with Crippen molar-refractivity contribution in [3.05, 3.63) is 22.8 Å². The van der Waals surface area contributed by atoms with E-state index in [0.29, 0.717) is 24.0 Å². The van der Waals surface area contributed by atoms with Crippen molar-refractivity contribution in [2.24, 2.45) is 22.7 Å². The van der Waals surface area contributed by atoms with Gasteiger partial charge in [-0.15, -0.1) is 0 Å². The fourth-order valence-corrected chi connectivity index (χ4v) is 6.13. The zero-order valence-electron chi connectivity index (χ0n) is 23.6. The average molecular weight is 549 g/mol. The van der Waals surface area contributed by atoms with Crippen LogP contribution in [-0.4, -0.2) is 62.9 Å². The standard InChI is InChI=1S/C29H40O10/c1-6-35-23(30)19-12-11-18-13-14-28(24(31)36-7-2,25(32)37-8-3)15-20(18)22-17-29(16-21(19)22,26(33)38-9-4)27(34)39-10-5/h13,19,21H,6-12,14-17H2,1-5H3/t19-,21+/m1/s1. The van der Waals surface area contributed by atoms with Gasteiger partial charge in [-0.2, -0.15) is 0 Å². The average Bonchev–Trinajstić information content (AvgIpc) is 3.25. The Hall–Kier alpha value is -3.17. The SMILES string of the molecule is CCOC(=O)[C@@H]1CCC2=CCC(C(=O)OCC)(C(=O)OCC)CC2=C2CC(C(=O)OCC)(C(=O)OCC)C[C@H]21. The molecule has 0 unspecified atom stereocenters. The molecule has 3 aliphatic carbocycles. The number of esters is 5. The van der Waals surface area contributed by atoms with Gasteiger partial charge in [-0.05, 0) is 90.2 Å². The van der Waals surface area contributed by atoms with Gasteiger partial charge in [0.1, 0.15) is 0 Å². The molecule has 10 nitrogen and oxygen atoms in total. The molecule has 0 aromatic heterocycles. The molecular formula is C29H40O10. The molecule has 39 heavy (non-hydrogen) atoms. The minimum Gasteiger partial charge on any atom is -0.466 e. The summed E-state index contributed by atoms with van der Waals surface area (Å²) in [6.07, 6.45) is 2.82. The quantitative estimate of drug-likeness (QED) is 0.227. The topological polar surface area (TPSA) is 132 Å². The fraction of sp³-hybridized carbons (Fsp3) is 0.690. The van der Waals surface area contributed by atoms with Crippen molar-refractivity contribution in [1.29, 1.82) is 0 Å². The van der Waals surface area contributed by atoms with Crippen molar-refractivity contribution in [1.82, 2.24) is 0 Å². The molecule has 0 bridgehead atoms. The highest BCUT2D eigenvalue weighted by Crippen LogP contribution is 2.57. The summed E-state index contributed by atoms with van der Waals surface area (Å²) in [7, 11) is 0. The lowest BCUT2D eigenvalue weighted by Gasteiger charge is -2.34. The smallest absolute Gasteiger partial charge is 0.324 e. The van der Waals surface area contributed by atoms with Gasteiger partial charge < -0.3 is 23.7 Å². The molecule has 0 amide bonds. The van der Waals surface area contributed by atoms with E-state index in [1.54, 1.807) is 34.6 Å². The van der Waals surface area contributed by atoms with Gasteiger partial charge in [-0.1, -0.05) is 11.6 Å². The van der Waals surface area contributed by atoms with Gasteiger partial charge in [0.25, 0.3) is 0 Å². The van der Waals surface area contributed by atoms with Gasteiger partial charge in [0.2, 0.25) is 0 Å². The molecule has 1 saturated carbocycles. The first-order chi connectivity index (χ1) is 18.6. The van der Waals surface area contributed by atoms with E-state index in [2.05, 4.69) is 0 Å². The number of ether oxygens (including phenoxy) is 5. The molecule has 0 radical (unpaired) electrons. The normalized spacial score (nSPS) is 22.8. The van der Waals surface area contributed by atoms with Gasteiger partial charge in [0.05, 0.1) is 39.0 Å². The monoisotopic (exact) mass is 548 g/mol. The Labute approximate surface area is 229 Å². The first-order valence-corrected chi connectivity index (χ1v) is 13.9. The van der Waals surface area contributed by atoms with Crippen LogP contribution in [0.3, 0.4) is 0 Å². The molecule has 0 N–H and O–H groups in total. The van der Waals surface area contributed by atoms with E-state index >= 15 is 0 Å². The highest BCUT2D eigenvalue weighted by molar-refractivity contribution is 6.02. The molecular weight excluding hydrogens is 508 g/mol. The van der Waals surface area contributed by atoms with Gasteiger partial charge in [-0.3, -0.25) is 24.0 Å². The summed E-state index contributed by atoms with van der Waals surface area (Å²) in [5.41, 5.74) is -1.01. The highest BCUT2D eigenvalue weighted by Gasteiger charge is 2.60. The van der Waals surface area contributed by atoms with Crippen molar-refractivity contribution in [3.8, 4) is 0 Å². The maximum atomic E-state index is 13.4. The van der Waals surface area contributed by atoms with Crippen molar-refractivity contribution in [3.63, 3.8) is 0 Å². The van der Waals surface area contributed by atoms with Gasteiger partial charge in [0.15, 0.2) is 10.8 Å². The number of hydrogen-bond donors (Lipinski definition) is 0. The van der Waals surface area contributed by atoms with Gasteiger partial charge >= 0.3 is 29.8 Å². The van der Waals surface area contributed by atoms with E-state index in [0.717, 1.165) is 5.57 Å². The van der Waals surface area contributed by atoms with E-state index < -0.39 is 52.5 Å². The zero-order chi connectivity index (χ0) is 28.8. The molecule has 0 saturated heterocycles. The fourth-order valence-electron chi connectivity index (χ4n) is 6.13. The predicted molar refractivity (Wildman–Crippen MR) is 138 cm³/mol. The largest absolute Gasteiger partial charge is 0.466 e. The van der Waals surface area contributed by atoms with Crippen LogP contribution in [0.25, 0.3) is 0 Å². The maximum Gasteiger partial charge on any atom is 0.324 e. The lowest BCUT2D eigenvalue weighted by molar-refractivity contribution is -0.174. The molecule has 10 heteroatoms. The van der Waals surface area contributed by atoms with Crippen LogP contribution in [0, 0.1) is 22.7 Å². The van der Waals surface area contributed by atoms with E-state index in [-0.39, 0.29) is 58.7 Å². The Morgan fingerprint density at radius 3 is 1.69 bits per heavy atom. The third-order valence-corrected chi connectivity index (χ3v) is 7.92. The summed E-state index contributed by atoms with van der Waals surface area (Å²) in [5.74, 6) is -4.37. The van der Waals surface area contributed by atoms with Crippen molar-refractivity contribution >= 4 is 29.8 Å². The summed E-state index contributed by atoms with van der Waals surface area (Å²) in [6, 6.07) is 0. The lowest BCUT2D eigenvalue weighted by Crippen LogP contribution is -2.44. The molecule has 3 rings (SSSR count). The minimum absolute atomic E-state index is 0.00603. The Balaban J connectivity index is 2.23. The van der Waals surface area contributed by atoms with Crippen LogP contribution in [0.2, 0.25) is 0 Å². The van der Waals surface area contributed by atoms with E-state index in [1.807, 2.05) is 6.08 Å². The number of allylic oxidation sites excluding steroid dienone is 4. The van der Waals surface area contributed by atoms with Crippen LogP contribution in [-0.2, 0) is 47.7 Å². The van der Waals surface area contributed by atoms with E-state index in [4.69, 9.17) is 23.7 Å². The summed E-state index contributed by atoms with van der Waals surface area (Å²) in [5, 5.41) is 0. The van der Waals surface area contributed by atoms with Crippen LogP contribution in [0.1, 0.15) is 73.1 Å². The number of hydrogen-bond acceptors (Lipinski definition) is 10. The molecule has 0 heterocycles. The number of carbonyl (C=O) groups is 5. The Bertz CT molecular complexity index is 1020. The first kappa shape index (κ1) is 30.4. The number of fused-ring (bicyclic) bond motifs is 2. The number of carbonyl (C=O) groups excluding carboxylic acids is 5. The predicted octanol–water partition coefficient (Wildman–Crippen LogP) is 3.61. The third-order valence-electron chi connectivity index (χ3n) is 7.92. The summed E-state index contributed by atoms with van der Waals surface area (Å²) in [4.78, 5) is 66.4. The summed E-state index contributed by atoms with van der Waals surface area (Å²) >= 11 is 0. The second kappa shape index (κ2) is 12.8. The van der Waals surface area contributed by atoms with Crippen LogP contribution < -0.4 is 0 Å². The van der Waals surface area contributed by atoms with Crippen molar-refractivity contribution < 1.29 is 47.7 Å². The summed E-state index contributed by atoms with van der Waals surface area (Å²) in [6.45, 7) is 8.86. The molecule has 0 aliphatic heterocycles. The van der Waals surface area contributed by atoms with E-state index in [1.165, 1.54) is 0 Å². The Kier molecular flexibility index (Phi) is 9.96. The van der Waals surface area contributed by atoms with Crippen molar-refractivity contribution in [2.75, 3.05) is 33.0 Å². The third kappa shape index (κ3) is 5.61. The molecule has 0 spiro atoms. The van der Waals surface area contributed by atoms with Crippen LogP contribution >= 0.6 is 0 Å². The maximum absolute atomic E-state index is 13.4. The molecule has 0 aromatic rings. The Morgan fingerprint density at radius 2 is 1.21 bits per heavy atom. The highest BCUT2D eigenvalue weighted by atomic mass is 16.6. The molecule has 1 fully saturated rings. The summed E-state index contributed by atoms with van der Waals surface area (Å²) < 4.78 is 26.8. The second-order valence-electron chi connectivity index (χ2n) is 10.0. The minimum atomic E-state index is -1.65. The molecule has 216 valence electrons. The molecule has 0 aromatic carbocycles. The van der Waals surface area contributed by atoms with Crippen LogP contribution in [0.5, 0.6) is 0 Å². The van der Waals surface area contributed by atoms with Gasteiger partial charge in [-0.25, -0.2) is 0 Å². The Morgan fingerprint density at radius 1 is 0.718 bits per heavy atom. The zero-order valence-corrected chi connectivity index (χ0v) is 23.6. The first-order valence-electron chi connectivity index (χ1n) is 13.9. The van der Waals surface area contributed by atoms with Crippen LogP contribution in [0.4, 0.5) is 0 Å². The second-order valence-corrected chi connectivity index (χ2v) is 10.0. The number of rotatable bonds is 10. The van der Waals surface area contributed by atoms with Crippen molar-refractivity contribution in [2.45, 2.75) is 73.1 Å². The molecule has 2 atom stereocenters. The van der Waals surface area contributed by atoms with E-state index in [9.17, 15) is 24.0 Å². The van der Waals surface area contributed by atoms with Crippen LogP contribution in [0.15, 0.2) is 22.8 Å².